The molecule has 0 fully saturated rings. The Labute approximate surface area is 60.4 Å². The first kappa shape index (κ1) is 8.87. The number of allylic oxidation sites excluding steroid dienone is 1. The Kier molecular flexibility index (Phi) is 3.76. The first-order valence-electron chi connectivity index (χ1n) is 3.33. The van der Waals surface area contributed by atoms with Gasteiger partial charge in [-0.2, -0.15) is 0 Å². The average molecular weight is 119 g/mol. The third-order valence-corrected chi connectivity index (χ3v) is 1.13. The van der Waals surface area contributed by atoms with E-state index in [4.69, 9.17) is 7.85 Å². The highest BCUT2D eigenvalue weighted by molar-refractivity contribution is 6.49. The minimum absolute atomic E-state index is 0.104. The molecule has 0 saturated heterocycles. The van der Waals surface area contributed by atoms with Crippen LogP contribution in [0.4, 0.5) is 0 Å². The molecular weight excluding hydrogens is 106 g/mol. The summed E-state index contributed by atoms with van der Waals surface area (Å²) in [5.41, 5.74) is 1.03. The van der Waals surface area contributed by atoms with E-state index in [1.165, 1.54) is 0 Å². The first-order valence-corrected chi connectivity index (χ1v) is 3.33. The molecule has 0 aromatic heterocycles. The smallest absolute Gasteiger partial charge is 0.121 e. The van der Waals surface area contributed by atoms with Crippen molar-refractivity contribution >= 4 is 15.1 Å². The van der Waals surface area contributed by atoms with Crippen LogP contribution in [0, 0.1) is 0 Å². The molecule has 0 saturated carbocycles. The molecule has 9 heavy (non-hydrogen) atoms. The Morgan fingerprint density at radius 3 is 2.00 bits per heavy atom. The largest absolute Gasteiger partial charge is 0.147 e. The third-order valence-electron chi connectivity index (χ3n) is 1.13. The van der Waals surface area contributed by atoms with Gasteiger partial charge in [0.25, 0.3) is 0 Å². The second-order valence-electron chi connectivity index (χ2n) is 2.77. The summed E-state index contributed by atoms with van der Waals surface area (Å²) in [5.74, 6) is 0.663. The zero-order chi connectivity index (χ0) is 7.44. The van der Waals surface area contributed by atoms with E-state index in [1.54, 1.807) is 0 Å². The van der Waals surface area contributed by atoms with Crippen LogP contribution in [-0.2, 0) is 0 Å². The van der Waals surface area contributed by atoms with E-state index in [-0.39, 0.29) is 5.82 Å². The predicted octanol–water partition coefficient (Wildman–Crippen LogP) is 2.01. The van der Waals surface area contributed by atoms with Gasteiger partial charge >= 0.3 is 0 Å². The monoisotopic (exact) mass is 119 g/mol. The van der Waals surface area contributed by atoms with Crippen molar-refractivity contribution in [1.82, 2.24) is 0 Å². The quantitative estimate of drug-likeness (QED) is 0.498. The van der Waals surface area contributed by atoms with Crippen LogP contribution in [0.3, 0.4) is 0 Å². The fraction of sp³-hybridized carbons (Fsp3) is 0.714. The van der Waals surface area contributed by atoms with Crippen molar-refractivity contribution in [3.63, 3.8) is 0 Å². The fourth-order valence-corrected chi connectivity index (χ4v) is 0.580. The Morgan fingerprint density at radius 2 is 1.89 bits per heavy atom. The fourth-order valence-electron chi connectivity index (χ4n) is 0.580. The van der Waals surface area contributed by atoms with Crippen molar-refractivity contribution in [1.29, 1.82) is 0 Å². The predicted molar refractivity (Wildman–Crippen MR) is 45.2 cm³/mol. The van der Waals surface area contributed by atoms with Gasteiger partial charge in [0.2, 0.25) is 0 Å². The maximum atomic E-state index is 5.55. The SMILES string of the molecule is [B]C(C)C(=C)[B]C(C)C. The van der Waals surface area contributed by atoms with Crippen molar-refractivity contribution in [2.75, 3.05) is 0 Å². The molecule has 0 spiro atoms. The number of hydrogen-bond donors (Lipinski definition) is 0. The van der Waals surface area contributed by atoms with E-state index in [2.05, 4.69) is 27.7 Å². The average Bonchev–Trinajstić information content (AvgIpc) is 1.63. The molecule has 1 atom stereocenters. The molecule has 0 heterocycles. The van der Waals surface area contributed by atoms with Crippen LogP contribution in [0.15, 0.2) is 12.1 Å². The van der Waals surface area contributed by atoms with Crippen LogP contribution in [0.5, 0.6) is 0 Å². The molecule has 0 amide bonds. The van der Waals surface area contributed by atoms with Crippen molar-refractivity contribution < 1.29 is 0 Å². The molecule has 47 valence electrons. The van der Waals surface area contributed by atoms with Gasteiger partial charge in [0, 0.05) is 0 Å². The molecule has 0 rings (SSSR count). The molecule has 0 bridgehead atoms. The molecule has 2 heteroatoms. The van der Waals surface area contributed by atoms with Crippen molar-refractivity contribution in [2.45, 2.75) is 32.4 Å². The Hall–Kier alpha value is -0.130. The van der Waals surface area contributed by atoms with Crippen LogP contribution >= 0.6 is 0 Å². The van der Waals surface area contributed by atoms with Gasteiger partial charge in [-0.1, -0.05) is 32.4 Å². The Balaban J connectivity index is 3.51. The van der Waals surface area contributed by atoms with Gasteiger partial charge in [0.15, 0.2) is 0 Å². The highest BCUT2D eigenvalue weighted by atomic mass is 13.9. The van der Waals surface area contributed by atoms with Crippen LogP contribution in [-0.4, -0.2) is 15.1 Å². The molecule has 0 aliphatic heterocycles. The van der Waals surface area contributed by atoms with Gasteiger partial charge in [-0.25, -0.2) is 0 Å². The first-order chi connectivity index (χ1) is 4.04. The zero-order valence-electron chi connectivity index (χ0n) is 6.52. The topological polar surface area (TPSA) is 0 Å². The summed E-state index contributed by atoms with van der Waals surface area (Å²) in [7, 11) is 7.64. The van der Waals surface area contributed by atoms with Crippen LogP contribution in [0.25, 0.3) is 0 Å². The van der Waals surface area contributed by atoms with E-state index >= 15 is 0 Å². The molecule has 1 unspecified atom stereocenters. The summed E-state index contributed by atoms with van der Waals surface area (Å²) in [6, 6.07) is 0. The number of rotatable bonds is 3. The van der Waals surface area contributed by atoms with E-state index in [1.807, 2.05) is 6.92 Å². The minimum Gasteiger partial charge on any atom is -0.121 e. The van der Waals surface area contributed by atoms with E-state index in [0.717, 1.165) is 5.47 Å². The second-order valence-corrected chi connectivity index (χ2v) is 2.77. The van der Waals surface area contributed by atoms with E-state index in [9.17, 15) is 0 Å². The summed E-state index contributed by atoms with van der Waals surface area (Å²) >= 11 is 0. The lowest BCUT2D eigenvalue weighted by Crippen LogP contribution is -2.03. The maximum Gasteiger partial charge on any atom is 0.147 e. The summed E-state index contributed by atoms with van der Waals surface area (Å²) in [6.07, 6.45) is 0. The molecule has 0 aliphatic rings. The van der Waals surface area contributed by atoms with Crippen LogP contribution in [0.2, 0.25) is 11.6 Å². The Bertz CT molecular complexity index is 95.1. The molecule has 0 N–H and O–H groups in total. The Morgan fingerprint density at radius 1 is 1.44 bits per heavy atom. The van der Waals surface area contributed by atoms with Gasteiger partial charge in [-0.15, -0.1) is 12.1 Å². The molecule has 3 radical (unpaired) electrons. The minimum atomic E-state index is 0.104. The lowest BCUT2D eigenvalue weighted by Gasteiger charge is -2.09. The molecule has 0 nitrogen and oxygen atoms in total. The maximum absolute atomic E-state index is 5.55. The van der Waals surface area contributed by atoms with Crippen molar-refractivity contribution in [2.24, 2.45) is 0 Å². The van der Waals surface area contributed by atoms with Crippen molar-refractivity contribution in [3.8, 4) is 0 Å². The summed E-state index contributed by atoms with van der Waals surface area (Å²) in [6.45, 7) is 10.00. The van der Waals surface area contributed by atoms with E-state index < -0.39 is 0 Å². The number of hydrogen-bond acceptors (Lipinski definition) is 0. The highest BCUT2D eigenvalue weighted by Crippen LogP contribution is 2.13. The normalized spacial score (nSPS) is 13.3. The van der Waals surface area contributed by atoms with Crippen LogP contribution < -0.4 is 0 Å². The van der Waals surface area contributed by atoms with Gasteiger partial charge in [0.1, 0.15) is 7.28 Å². The van der Waals surface area contributed by atoms with Gasteiger partial charge in [-0.05, 0) is 0 Å². The lowest BCUT2D eigenvalue weighted by molar-refractivity contribution is 1.05. The van der Waals surface area contributed by atoms with Gasteiger partial charge in [-0.3, -0.25) is 0 Å². The van der Waals surface area contributed by atoms with E-state index in [0.29, 0.717) is 5.82 Å². The van der Waals surface area contributed by atoms with Gasteiger partial charge in [0.05, 0.1) is 7.85 Å². The van der Waals surface area contributed by atoms with Crippen molar-refractivity contribution in [3.05, 3.63) is 12.1 Å². The molecule has 0 aromatic carbocycles. The molecular formula is C7H13B2. The second kappa shape index (κ2) is 3.81. The van der Waals surface area contributed by atoms with Crippen LogP contribution in [0.1, 0.15) is 20.8 Å². The zero-order valence-corrected chi connectivity index (χ0v) is 6.52. The van der Waals surface area contributed by atoms with Gasteiger partial charge < -0.3 is 0 Å². The summed E-state index contributed by atoms with van der Waals surface area (Å²) in [4.78, 5) is 0. The molecule has 0 aliphatic carbocycles. The standard InChI is InChI=1S/C7H13B2/c1-5(2)9-7(4)6(3)8/h5-6H,4H2,1-3H3. The lowest BCUT2D eigenvalue weighted by atomic mass is 9.54. The summed E-state index contributed by atoms with van der Waals surface area (Å²) < 4.78 is 0. The summed E-state index contributed by atoms with van der Waals surface area (Å²) in [5, 5.41) is 0. The third kappa shape index (κ3) is 4.38. The molecule has 0 aromatic rings. The highest BCUT2D eigenvalue weighted by Gasteiger charge is 2.03.